The number of fused-ring (bicyclic) bond motifs is 1. The number of hydrogen-bond donors (Lipinski definition) is 1. The third-order valence-corrected chi connectivity index (χ3v) is 9.54. The minimum absolute atomic E-state index is 0.0604. The highest BCUT2D eigenvalue weighted by atomic mass is 32.1. The van der Waals surface area contributed by atoms with Crippen molar-refractivity contribution in [3.05, 3.63) is 33.4 Å². The quantitative estimate of drug-likeness (QED) is 0.568. The van der Waals surface area contributed by atoms with Crippen LogP contribution in [0.5, 0.6) is 0 Å². The number of rotatable bonds is 4. The van der Waals surface area contributed by atoms with Crippen molar-refractivity contribution in [3.63, 3.8) is 0 Å². The number of aryl methyl sites for hydroxylation is 3. The smallest absolute Gasteiger partial charge is 0.276 e. The number of likely N-dealkylation sites (tertiary alicyclic amines) is 1. The van der Waals surface area contributed by atoms with E-state index in [1.165, 1.54) is 11.3 Å². The van der Waals surface area contributed by atoms with Crippen LogP contribution in [0.2, 0.25) is 0 Å². The molecule has 186 valence electrons. The molecule has 3 aromatic rings. The molecule has 0 bridgehead atoms. The average Bonchev–Trinajstić information content (AvgIpc) is 3.20. The molecule has 1 aliphatic heterocycles. The normalized spacial score (nSPS) is 19.8. The summed E-state index contributed by atoms with van der Waals surface area (Å²) in [5.41, 5.74) is 3.21. The van der Waals surface area contributed by atoms with Crippen LogP contribution in [0.3, 0.4) is 0 Å². The first-order valence-electron chi connectivity index (χ1n) is 12.3. The molecule has 9 heteroatoms. The van der Waals surface area contributed by atoms with E-state index in [-0.39, 0.29) is 28.6 Å². The lowest BCUT2D eigenvalue weighted by atomic mass is 9.96. The summed E-state index contributed by atoms with van der Waals surface area (Å²) in [6.07, 6.45) is 1.76. The lowest BCUT2D eigenvalue weighted by Crippen LogP contribution is -2.39. The van der Waals surface area contributed by atoms with Crippen LogP contribution < -0.4 is 5.32 Å². The molecule has 0 unspecified atom stereocenters. The molecule has 1 aliphatic carbocycles. The van der Waals surface area contributed by atoms with Crippen molar-refractivity contribution in [2.75, 3.05) is 18.4 Å². The van der Waals surface area contributed by atoms with Gasteiger partial charge >= 0.3 is 0 Å². The van der Waals surface area contributed by atoms with Crippen molar-refractivity contribution in [2.45, 2.75) is 60.3 Å². The Morgan fingerprint density at radius 3 is 2.37 bits per heavy atom. The zero-order chi connectivity index (χ0) is 25.3. The molecule has 2 fully saturated rings. The van der Waals surface area contributed by atoms with Crippen LogP contribution in [0.4, 0.5) is 5.82 Å². The van der Waals surface area contributed by atoms with Crippen LogP contribution in [0.15, 0.2) is 11.4 Å². The van der Waals surface area contributed by atoms with E-state index in [1.54, 1.807) is 4.68 Å². The molecular formula is C26H34N6O2S. The monoisotopic (exact) mass is 494 g/mol. The molecule has 1 N–H and O–H groups in total. The minimum Gasteiger partial charge on any atom is -0.342 e. The Bertz CT molecular complexity index is 1320. The van der Waals surface area contributed by atoms with E-state index in [4.69, 9.17) is 0 Å². The molecule has 0 radical (unpaired) electrons. The van der Waals surface area contributed by atoms with Gasteiger partial charge in [-0.05, 0) is 49.1 Å². The summed E-state index contributed by atoms with van der Waals surface area (Å²) in [4.78, 5) is 37.3. The zero-order valence-electron chi connectivity index (χ0n) is 21.6. The van der Waals surface area contributed by atoms with Gasteiger partial charge in [-0.3, -0.25) is 9.59 Å². The third kappa shape index (κ3) is 3.84. The Hall–Kier alpha value is -2.81. The first-order valence-corrected chi connectivity index (χ1v) is 13.2. The summed E-state index contributed by atoms with van der Waals surface area (Å²) in [6, 6.07) is 1.99. The first kappa shape index (κ1) is 23.9. The van der Waals surface area contributed by atoms with Crippen LogP contribution in [0.25, 0.3) is 11.0 Å². The van der Waals surface area contributed by atoms with Crippen LogP contribution in [0, 0.1) is 30.6 Å². The van der Waals surface area contributed by atoms with Gasteiger partial charge in [-0.2, -0.15) is 5.10 Å². The number of piperidine rings is 1. The average molecular weight is 495 g/mol. The number of carbonyl (C=O) groups is 2. The fourth-order valence-electron chi connectivity index (χ4n) is 5.77. The summed E-state index contributed by atoms with van der Waals surface area (Å²) in [5.74, 6) is 0.909. The lowest BCUT2D eigenvalue weighted by molar-refractivity contribution is -0.134. The first-order chi connectivity index (χ1) is 16.4. The number of anilines is 1. The molecular weight excluding hydrogens is 460 g/mol. The summed E-state index contributed by atoms with van der Waals surface area (Å²) in [5, 5.41) is 11.0. The van der Waals surface area contributed by atoms with Gasteiger partial charge < -0.3 is 10.2 Å². The molecule has 3 aromatic heterocycles. The summed E-state index contributed by atoms with van der Waals surface area (Å²) < 4.78 is 1.69. The van der Waals surface area contributed by atoms with Gasteiger partial charge in [0.25, 0.3) is 5.91 Å². The van der Waals surface area contributed by atoms with Crippen molar-refractivity contribution in [3.8, 4) is 0 Å². The molecule has 1 saturated heterocycles. The molecule has 0 spiro atoms. The van der Waals surface area contributed by atoms with E-state index in [1.807, 2.05) is 37.2 Å². The van der Waals surface area contributed by atoms with E-state index >= 15 is 0 Å². The van der Waals surface area contributed by atoms with Gasteiger partial charge in [0.05, 0.1) is 10.4 Å². The van der Waals surface area contributed by atoms with E-state index in [2.05, 4.69) is 48.1 Å². The fourth-order valence-corrected chi connectivity index (χ4v) is 6.74. The maximum atomic E-state index is 13.1. The van der Waals surface area contributed by atoms with Crippen LogP contribution in [-0.2, 0) is 11.8 Å². The second-order valence-electron chi connectivity index (χ2n) is 11.3. The topological polar surface area (TPSA) is 93.0 Å². The van der Waals surface area contributed by atoms with E-state index in [9.17, 15) is 9.59 Å². The van der Waals surface area contributed by atoms with Crippen LogP contribution >= 0.6 is 11.3 Å². The lowest BCUT2D eigenvalue weighted by Gasteiger charge is -2.31. The minimum atomic E-state index is -0.265. The van der Waals surface area contributed by atoms with Crippen LogP contribution in [0.1, 0.15) is 73.2 Å². The standard InChI is InChI=1S/C26H34N6O2S/c1-14-12-15(2)27-21-18(14)20(30-31(21)7)29-22(33)17-13-35-23(28-17)16-8-10-32(11-9-16)24(34)19-25(3,4)26(19,5)6/h12-13,16,19H,8-11H2,1-7H3,(H,29,30,33). The van der Waals surface area contributed by atoms with Crippen LogP contribution in [-0.4, -0.2) is 49.6 Å². The van der Waals surface area contributed by atoms with Gasteiger partial charge in [0.2, 0.25) is 5.91 Å². The number of nitrogens with zero attached hydrogens (tertiary/aromatic N) is 5. The van der Waals surface area contributed by atoms with Gasteiger partial charge in [0.1, 0.15) is 5.69 Å². The predicted octanol–water partition coefficient (Wildman–Crippen LogP) is 4.68. The maximum Gasteiger partial charge on any atom is 0.276 e. The highest BCUT2D eigenvalue weighted by molar-refractivity contribution is 7.10. The molecule has 0 atom stereocenters. The van der Waals surface area contributed by atoms with Gasteiger partial charge in [-0.25, -0.2) is 14.6 Å². The highest BCUT2D eigenvalue weighted by Gasteiger charge is 2.68. The van der Waals surface area contributed by atoms with Crippen molar-refractivity contribution >= 4 is 40.0 Å². The van der Waals surface area contributed by atoms with Crippen molar-refractivity contribution in [1.29, 1.82) is 0 Å². The number of hydrogen-bond acceptors (Lipinski definition) is 6. The highest BCUT2D eigenvalue weighted by Crippen LogP contribution is 2.68. The SMILES string of the molecule is Cc1cc(C)c2c(NC(=O)c3csc(C4CCN(C(=O)C5C(C)(C)C5(C)C)CC4)n3)nn(C)c2n1. The Morgan fingerprint density at radius 2 is 1.74 bits per heavy atom. The van der Waals surface area contributed by atoms with E-state index < -0.39 is 0 Å². The Labute approximate surface area is 210 Å². The fraction of sp³-hybridized carbons (Fsp3) is 0.577. The van der Waals surface area contributed by atoms with Gasteiger partial charge in [0.15, 0.2) is 11.5 Å². The van der Waals surface area contributed by atoms with E-state index in [0.717, 1.165) is 53.2 Å². The van der Waals surface area contributed by atoms with Crippen molar-refractivity contribution in [2.24, 2.45) is 23.8 Å². The second-order valence-corrected chi connectivity index (χ2v) is 12.1. The molecule has 2 aliphatic rings. The molecule has 35 heavy (non-hydrogen) atoms. The molecule has 5 rings (SSSR count). The second kappa shape index (κ2) is 8.11. The summed E-state index contributed by atoms with van der Waals surface area (Å²) in [7, 11) is 1.83. The number of carbonyl (C=O) groups excluding carboxylic acids is 2. The molecule has 0 aromatic carbocycles. The largest absolute Gasteiger partial charge is 0.342 e. The van der Waals surface area contributed by atoms with Gasteiger partial charge in [0, 0.05) is 43.0 Å². The number of amides is 2. The van der Waals surface area contributed by atoms with E-state index in [0.29, 0.717) is 17.4 Å². The van der Waals surface area contributed by atoms with Crippen molar-refractivity contribution in [1.82, 2.24) is 24.6 Å². The maximum absolute atomic E-state index is 13.1. The molecule has 8 nitrogen and oxygen atoms in total. The Morgan fingerprint density at radius 1 is 1.09 bits per heavy atom. The van der Waals surface area contributed by atoms with Crippen molar-refractivity contribution < 1.29 is 9.59 Å². The Kier molecular flexibility index (Phi) is 5.54. The number of pyridine rings is 1. The summed E-state index contributed by atoms with van der Waals surface area (Å²) >= 11 is 1.52. The number of aromatic nitrogens is 4. The molecule has 1 saturated carbocycles. The molecule has 4 heterocycles. The third-order valence-electron chi connectivity index (χ3n) is 8.53. The number of thiazole rings is 1. The van der Waals surface area contributed by atoms with Gasteiger partial charge in [-0.15, -0.1) is 11.3 Å². The Balaban J connectivity index is 1.24. The zero-order valence-corrected chi connectivity index (χ0v) is 22.4. The summed E-state index contributed by atoms with van der Waals surface area (Å²) in [6.45, 7) is 14.2. The number of nitrogens with one attached hydrogen (secondary N) is 1. The van der Waals surface area contributed by atoms with Gasteiger partial charge in [-0.1, -0.05) is 27.7 Å². The molecule has 2 amide bonds. The predicted molar refractivity (Wildman–Crippen MR) is 138 cm³/mol.